The smallest absolute Gasteiger partial charge is 0.328 e. The predicted molar refractivity (Wildman–Crippen MR) is 85.5 cm³/mol. The summed E-state index contributed by atoms with van der Waals surface area (Å²) in [6.45, 7) is 8.81. The fourth-order valence-corrected chi connectivity index (χ4v) is 1.96. The van der Waals surface area contributed by atoms with E-state index in [1.54, 1.807) is 0 Å². The Kier molecular flexibility index (Phi) is 9.62. The van der Waals surface area contributed by atoms with Gasteiger partial charge in [0.2, 0.25) is 5.91 Å². The Balaban J connectivity index is 0.00000400. The predicted octanol–water partition coefficient (Wildman–Crippen LogP) is 1.89. The van der Waals surface area contributed by atoms with Gasteiger partial charge in [0.15, 0.2) is 0 Å². The molecule has 0 heterocycles. The molecular formula is C15H29ClN2O3. The summed E-state index contributed by atoms with van der Waals surface area (Å²) in [6.07, 6.45) is 2.94. The minimum absolute atomic E-state index is 0. The SMILES string of the molecule is CC(C)C[C@H](NC(=O)CNCC1CC1)C(=O)OC(C)C.Cl. The van der Waals surface area contributed by atoms with Gasteiger partial charge in [-0.1, -0.05) is 13.8 Å². The molecule has 0 aromatic carbocycles. The summed E-state index contributed by atoms with van der Waals surface area (Å²) < 4.78 is 5.19. The van der Waals surface area contributed by atoms with Gasteiger partial charge in [-0.3, -0.25) is 4.79 Å². The van der Waals surface area contributed by atoms with Gasteiger partial charge in [0.25, 0.3) is 0 Å². The van der Waals surface area contributed by atoms with Crippen LogP contribution < -0.4 is 10.6 Å². The number of nitrogens with one attached hydrogen (secondary N) is 2. The number of esters is 1. The topological polar surface area (TPSA) is 67.4 Å². The molecule has 21 heavy (non-hydrogen) atoms. The summed E-state index contributed by atoms with van der Waals surface area (Å²) in [5.41, 5.74) is 0. The van der Waals surface area contributed by atoms with Crippen LogP contribution in [-0.4, -0.2) is 37.1 Å². The highest BCUT2D eigenvalue weighted by Crippen LogP contribution is 2.27. The number of carbonyl (C=O) groups excluding carboxylic acids is 2. The average Bonchev–Trinajstić information content (AvgIpc) is 3.10. The Bertz CT molecular complexity index is 331. The maximum absolute atomic E-state index is 12.0. The summed E-state index contributed by atoms with van der Waals surface area (Å²) >= 11 is 0. The molecule has 0 aromatic heterocycles. The number of hydrogen-bond acceptors (Lipinski definition) is 4. The highest BCUT2D eigenvalue weighted by molar-refractivity contribution is 5.85. The molecule has 124 valence electrons. The molecule has 6 heteroatoms. The second-order valence-corrected chi connectivity index (χ2v) is 6.31. The maximum Gasteiger partial charge on any atom is 0.328 e. The van der Waals surface area contributed by atoms with E-state index in [2.05, 4.69) is 10.6 Å². The van der Waals surface area contributed by atoms with Gasteiger partial charge in [0, 0.05) is 0 Å². The van der Waals surface area contributed by atoms with Crippen LogP contribution in [0.2, 0.25) is 0 Å². The molecule has 0 aliphatic heterocycles. The fourth-order valence-electron chi connectivity index (χ4n) is 1.96. The van der Waals surface area contributed by atoms with Crippen molar-refractivity contribution in [2.75, 3.05) is 13.1 Å². The zero-order chi connectivity index (χ0) is 15.1. The van der Waals surface area contributed by atoms with Crippen molar-refractivity contribution in [3.05, 3.63) is 0 Å². The summed E-state index contributed by atoms with van der Waals surface area (Å²) in [5, 5.41) is 5.89. The zero-order valence-electron chi connectivity index (χ0n) is 13.5. The van der Waals surface area contributed by atoms with Gasteiger partial charge in [-0.05, 0) is 51.5 Å². The molecule has 1 rings (SSSR count). The molecule has 2 N–H and O–H groups in total. The highest BCUT2D eigenvalue weighted by atomic mass is 35.5. The first kappa shape index (κ1) is 20.2. The van der Waals surface area contributed by atoms with Crippen molar-refractivity contribution in [1.82, 2.24) is 10.6 Å². The van der Waals surface area contributed by atoms with Crippen LogP contribution >= 0.6 is 12.4 Å². The molecule has 0 spiro atoms. The Morgan fingerprint density at radius 2 is 1.81 bits per heavy atom. The van der Waals surface area contributed by atoms with Gasteiger partial charge in [-0.25, -0.2) is 4.79 Å². The Morgan fingerprint density at radius 1 is 1.19 bits per heavy atom. The molecule has 0 saturated heterocycles. The van der Waals surface area contributed by atoms with Gasteiger partial charge >= 0.3 is 5.97 Å². The van der Waals surface area contributed by atoms with Crippen LogP contribution in [0.4, 0.5) is 0 Å². The molecule has 1 amide bonds. The molecule has 0 aromatic rings. The van der Waals surface area contributed by atoms with Crippen molar-refractivity contribution in [3.8, 4) is 0 Å². The van der Waals surface area contributed by atoms with Crippen molar-refractivity contribution in [1.29, 1.82) is 0 Å². The van der Waals surface area contributed by atoms with Crippen LogP contribution in [-0.2, 0) is 14.3 Å². The Labute approximate surface area is 134 Å². The third-order valence-electron chi connectivity index (χ3n) is 3.09. The molecular weight excluding hydrogens is 292 g/mol. The molecule has 1 fully saturated rings. The number of hydrogen-bond donors (Lipinski definition) is 2. The number of carbonyl (C=O) groups is 2. The number of amides is 1. The summed E-state index contributed by atoms with van der Waals surface area (Å²) in [6, 6.07) is -0.548. The van der Waals surface area contributed by atoms with Crippen LogP contribution in [0.3, 0.4) is 0 Å². The molecule has 1 saturated carbocycles. The first-order chi connectivity index (χ1) is 9.38. The van der Waals surface area contributed by atoms with Crippen LogP contribution in [0.15, 0.2) is 0 Å². The lowest BCUT2D eigenvalue weighted by molar-refractivity contribution is -0.151. The van der Waals surface area contributed by atoms with Crippen molar-refractivity contribution < 1.29 is 14.3 Å². The van der Waals surface area contributed by atoms with E-state index in [-0.39, 0.29) is 36.9 Å². The normalized spacial score (nSPS) is 15.5. The van der Waals surface area contributed by atoms with E-state index >= 15 is 0 Å². The van der Waals surface area contributed by atoms with Crippen molar-refractivity contribution in [2.24, 2.45) is 11.8 Å². The third kappa shape index (κ3) is 9.69. The lowest BCUT2D eigenvalue weighted by Crippen LogP contribution is -2.46. The van der Waals surface area contributed by atoms with Gasteiger partial charge in [-0.15, -0.1) is 12.4 Å². The molecule has 0 bridgehead atoms. The van der Waals surface area contributed by atoms with Crippen LogP contribution in [0.5, 0.6) is 0 Å². The van der Waals surface area contributed by atoms with Gasteiger partial charge in [-0.2, -0.15) is 0 Å². The summed E-state index contributed by atoms with van der Waals surface area (Å²) in [4.78, 5) is 23.8. The van der Waals surface area contributed by atoms with Gasteiger partial charge in [0.05, 0.1) is 12.6 Å². The minimum atomic E-state index is -0.548. The van der Waals surface area contributed by atoms with Crippen LogP contribution in [0, 0.1) is 11.8 Å². The largest absolute Gasteiger partial charge is 0.461 e. The fraction of sp³-hybridized carbons (Fsp3) is 0.867. The van der Waals surface area contributed by atoms with E-state index < -0.39 is 6.04 Å². The minimum Gasteiger partial charge on any atom is -0.461 e. The lowest BCUT2D eigenvalue weighted by Gasteiger charge is -2.20. The maximum atomic E-state index is 12.0. The molecule has 1 atom stereocenters. The standard InChI is InChI=1S/C15H28N2O3.ClH/c1-10(2)7-13(15(19)20-11(3)4)17-14(18)9-16-8-12-5-6-12;/h10-13,16H,5-9H2,1-4H3,(H,17,18);1H/t13-;/m0./s1. The molecule has 1 aliphatic rings. The molecule has 0 unspecified atom stereocenters. The second-order valence-electron chi connectivity index (χ2n) is 6.31. The van der Waals surface area contributed by atoms with Crippen LogP contribution in [0.1, 0.15) is 47.0 Å². The van der Waals surface area contributed by atoms with E-state index in [4.69, 9.17) is 4.74 Å². The number of rotatable bonds is 9. The lowest BCUT2D eigenvalue weighted by atomic mass is 10.0. The molecule has 5 nitrogen and oxygen atoms in total. The summed E-state index contributed by atoms with van der Waals surface area (Å²) in [7, 11) is 0. The first-order valence-electron chi connectivity index (χ1n) is 7.59. The van der Waals surface area contributed by atoms with E-state index in [1.807, 2.05) is 27.7 Å². The van der Waals surface area contributed by atoms with E-state index in [1.165, 1.54) is 12.8 Å². The van der Waals surface area contributed by atoms with Gasteiger partial charge in [0.1, 0.15) is 6.04 Å². The van der Waals surface area contributed by atoms with E-state index in [9.17, 15) is 9.59 Å². The monoisotopic (exact) mass is 320 g/mol. The van der Waals surface area contributed by atoms with Crippen LogP contribution in [0.25, 0.3) is 0 Å². The highest BCUT2D eigenvalue weighted by Gasteiger charge is 2.25. The summed E-state index contributed by atoms with van der Waals surface area (Å²) in [5.74, 6) is 0.570. The second kappa shape index (κ2) is 10.0. The zero-order valence-corrected chi connectivity index (χ0v) is 14.3. The van der Waals surface area contributed by atoms with Crippen molar-refractivity contribution in [2.45, 2.75) is 59.1 Å². The third-order valence-corrected chi connectivity index (χ3v) is 3.09. The number of halogens is 1. The molecule has 1 aliphatic carbocycles. The van der Waals surface area contributed by atoms with E-state index in [0.717, 1.165) is 12.5 Å². The quantitative estimate of drug-likeness (QED) is 0.637. The molecule has 0 radical (unpaired) electrons. The first-order valence-corrected chi connectivity index (χ1v) is 7.59. The van der Waals surface area contributed by atoms with E-state index in [0.29, 0.717) is 12.3 Å². The Morgan fingerprint density at radius 3 is 2.29 bits per heavy atom. The van der Waals surface area contributed by atoms with Crippen molar-refractivity contribution in [3.63, 3.8) is 0 Å². The van der Waals surface area contributed by atoms with Crippen molar-refractivity contribution >= 4 is 24.3 Å². The van der Waals surface area contributed by atoms with Gasteiger partial charge < -0.3 is 15.4 Å². The average molecular weight is 321 g/mol. The number of ether oxygens (including phenoxy) is 1. The Hall–Kier alpha value is -0.810.